The molecule has 0 radical (unpaired) electrons. The number of nitrogens with two attached hydrogens (primary N) is 1. The van der Waals surface area contributed by atoms with Crippen molar-refractivity contribution in [2.24, 2.45) is 5.73 Å². The van der Waals surface area contributed by atoms with E-state index >= 15 is 0 Å². The van der Waals surface area contributed by atoms with Gasteiger partial charge >= 0.3 is 13.8 Å². The lowest BCUT2D eigenvalue weighted by molar-refractivity contribution is -0.153. The molecular weight excluding hydrogens is 457 g/mol. The summed E-state index contributed by atoms with van der Waals surface area (Å²) in [6.07, 6.45) is 25.5. The van der Waals surface area contributed by atoms with E-state index in [1.807, 2.05) is 12.2 Å². The molecule has 0 spiro atoms. The van der Waals surface area contributed by atoms with Crippen molar-refractivity contribution >= 4 is 13.8 Å². The Morgan fingerprint density at radius 1 is 0.912 bits per heavy atom. The zero-order valence-electron chi connectivity index (χ0n) is 20.6. The Bertz CT molecular complexity index is 662. The van der Waals surface area contributed by atoms with Crippen molar-refractivity contribution in [1.82, 2.24) is 0 Å². The molecule has 0 amide bonds. The fourth-order valence-corrected chi connectivity index (χ4v) is 3.46. The molecule has 2 atom stereocenters. The van der Waals surface area contributed by atoms with Crippen LogP contribution >= 0.6 is 7.82 Å². The summed E-state index contributed by atoms with van der Waals surface area (Å²) in [6.45, 7) is 1.15. The molecule has 0 saturated carbocycles. The van der Waals surface area contributed by atoms with Crippen LogP contribution in [0.25, 0.3) is 0 Å². The lowest BCUT2D eigenvalue weighted by Gasteiger charge is -2.17. The van der Waals surface area contributed by atoms with Gasteiger partial charge in [-0.1, -0.05) is 74.8 Å². The van der Waals surface area contributed by atoms with Gasteiger partial charge in [0.2, 0.25) is 0 Å². The first-order valence-electron chi connectivity index (χ1n) is 12.2. The number of phosphoric acid groups is 1. The number of carbonyl (C=O) groups excluding carboxylic acids is 1. The SMILES string of the molecule is CCCCCC/C=C\C/C=C\C/C=C\C/C=C\CCC(=O)OC(CO)COP(=O)(O)OCCN. The summed E-state index contributed by atoms with van der Waals surface area (Å²) in [7, 11) is -4.28. The topological polar surface area (TPSA) is 128 Å². The molecule has 0 aromatic rings. The van der Waals surface area contributed by atoms with E-state index in [1.54, 1.807) is 0 Å². The monoisotopic (exact) mass is 501 g/mol. The number of carbonyl (C=O) groups is 1. The fourth-order valence-electron chi connectivity index (χ4n) is 2.69. The van der Waals surface area contributed by atoms with Gasteiger partial charge < -0.3 is 20.5 Å². The van der Waals surface area contributed by atoms with E-state index < -0.39 is 33.1 Å². The number of hydrogen-bond acceptors (Lipinski definition) is 7. The Morgan fingerprint density at radius 2 is 1.50 bits per heavy atom. The first-order chi connectivity index (χ1) is 16.4. The zero-order valence-corrected chi connectivity index (χ0v) is 21.5. The standard InChI is InChI=1S/C25H44NO7P/c1-2-3-4-5-6-7-8-9-10-11-12-13-14-15-16-17-18-19-25(28)33-24(22-27)23-32-34(29,30)31-21-20-26/h7-8,10-11,13-14,16-17,24,27H,2-6,9,12,15,18-23,26H2,1H3,(H,29,30)/b8-7-,11-10-,14-13-,17-16-. The average molecular weight is 502 g/mol. The fraction of sp³-hybridized carbons (Fsp3) is 0.640. The van der Waals surface area contributed by atoms with Crippen molar-refractivity contribution in [3.05, 3.63) is 48.6 Å². The van der Waals surface area contributed by atoms with Crippen LogP contribution in [0.2, 0.25) is 0 Å². The third-order valence-corrected chi connectivity index (χ3v) is 5.50. The maximum absolute atomic E-state index is 11.8. The molecule has 0 bridgehead atoms. The van der Waals surface area contributed by atoms with Crippen molar-refractivity contribution in [2.75, 3.05) is 26.4 Å². The van der Waals surface area contributed by atoms with Crippen LogP contribution in [0.15, 0.2) is 48.6 Å². The number of hydrogen-bond donors (Lipinski definition) is 3. The molecule has 34 heavy (non-hydrogen) atoms. The lowest BCUT2D eigenvalue weighted by Crippen LogP contribution is -2.27. The van der Waals surface area contributed by atoms with Crippen LogP contribution in [-0.4, -0.2) is 48.4 Å². The van der Waals surface area contributed by atoms with Gasteiger partial charge in [0.25, 0.3) is 0 Å². The minimum Gasteiger partial charge on any atom is -0.457 e. The molecule has 4 N–H and O–H groups in total. The van der Waals surface area contributed by atoms with E-state index in [-0.39, 0.29) is 19.6 Å². The van der Waals surface area contributed by atoms with E-state index in [0.29, 0.717) is 6.42 Å². The summed E-state index contributed by atoms with van der Waals surface area (Å²) in [5.74, 6) is -0.529. The molecule has 196 valence electrons. The smallest absolute Gasteiger partial charge is 0.457 e. The highest BCUT2D eigenvalue weighted by Gasteiger charge is 2.24. The van der Waals surface area contributed by atoms with E-state index in [1.165, 1.54) is 32.1 Å². The molecule has 0 aliphatic carbocycles. The predicted octanol–water partition coefficient (Wildman–Crippen LogP) is 5.13. The predicted molar refractivity (Wildman–Crippen MR) is 136 cm³/mol. The van der Waals surface area contributed by atoms with Crippen molar-refractivity contribution in [3.8, 4) is 0 Å². The van der Waals surface area contributed by atoms with Gasteiger partial charge in [0, 0.05) is 13.0 Å². The molecule has 0 saturated heterocycles. The van der Waals surface area contributed by atoms with Crippen LogP contribution in [0.4, 0.5) is 0 Å². The van der Waals surface area contributed by atoms with Gasteiger partial charge in [0.15, 0.2) is 0 Å². The first-order valence-corrected chi connectivity index (χ1v) is 13.7. The van der Waals surface area contributed by atoms with Gasteiger partial charge in [0.05, 0.1) is 19.8 Å². The number of esters is 1. The van der Waals surface area contributed by atoms with Crippen molar-refractivity contribution in [2.45, 2.75) is 77.2 Å². The Hall–Kier alpha value is -1.54. The second-order valence-corrected chi connectivity index (χ2v) is 9.11. The number of allylic oxidation sites excluding steroid dienone is 8. The van der Waals surface area contributed by atoms with Crippen molar-refractivity contribution in [1.29, 1.82) is 0 Å². The first kappa shape index (κ1) is 32.5. The van der Waals surface area contributed by atoms with Gasteiger partial charge in [0.1, 0.15) is 6.10 Å². The number of aliphatic hydroxyl groups is 1. The molecular formula is C25H44NO7P. The summed E-state index contributed by atoms with van der Waals surface area (Å²) in [5, 5.41) is 9.25. The quantitative estimate of drug-likeness (QED) is 0.0806. The van der Waals surface area contributed by atoms with Gasteiger partial charge in [-0.15, -0.1) is 0 Å². The number of ether oxygens (including phenoxy) is 1. The Labute approximate surface area is 205 Å². The summed E-state index contributed by atoms with van der Waals surface area (Å²) in [4.78, 5) is 21.2. The van der Waals surface area contributed by atoms with E-state index in [9.17, 15) is 19.4 Å². The molecule has 0 aromatic heterocycles. The second-order valence-electron chi connectivity index (χ2n) is 7.66. The van der Waals surface area contributed by atoms with Crippen LogP contribution in [0.5, 0.6) is 0 Å². The molecule has 2 unspecified atom stereocenters. The molecule has 0 rings (SSSR count). The average Bonchev–Trinajstić information content (AvgIpc) is 2.82. The van der Waals surface area contributed by atoms with Crippen molar-refractivity contribution in [3.63, 3.8) is 0 Å². The van der Waals surface area contributed by atoms with Crippen LogP contribution < -0.4 is 5.73 Å². The number of rotatable bonds is 22. The summed E-state index contributed by atoms with van der Waals surface area (Å²) in [5.41, 5.74) is 5.18. The van der Waals surface area contributed by atoms with E-state index in [0.717, 1.165) is 19.3 Å². The number of aliphatic hydroxyl groups excluding tert-OH is 1. The molecule has 0 aromatic carbocycles. The molecule has 9 heteroatoms. The highest BCUT2D eigenvalue weighted by atomic mass is 31.2. The largest absolute Gasteiger partial charge is 0.472 e. The summed E-state index contributed by atoms with van der Waals surface area (Å²) >= 11 is 0. The van der Waals surface area contributed by atoms with E-state index in [4.69, 9.17) is 15.0 Å². The molecule has 0 fully saturated rings. The third-order valence-electron chi connectivity index (χ3n) is 4.52. The zero-order chi connectivity index (χ0) is 25.3. The number of unbranched alkanes of at least 4 members (excludes halogenated alkanes) is 4. The summed E-state index contributed by atoms with van der Waals surface area (Å²) in [6, 6.07) is 0. The minimum atomic E-state index is -4.28. The summed E-state index contributed by atoms with van der Waals surface area (Å²) < 4.78 is 25.8. The highest BCUT2D eigenvalue weighted by Crippen LogP contribution is 2.42. The molecule has 0 aliphatic heterocycles. The second kappa shape index (κ2) is 23.2. The number of phosphoric ester groups is 1. The van der Waals surface area contributed by atoms with Crippen LogP contribution in [0.3, 0.4) is 0 Å². The Balaban J connectivity index is 3.85. The maximum atomic E-state index is 11.8. The van der Waals surface area contributed by atoms with Crippen molar-refractivity contribution < 1.29 is 33.1 Å². The lowest BCUT2D eigenvalue weighted by atomic mass is 10.1. The Morgan fingerprint density at radius 3 is 2.06 bits per heavy atom. The highest BCUT2D eigenvalue weighted by molar-refractivity contribution is 7.47. The molecule has 8 nitrogen and oxygen atoms in total. The molecule has 0 aliphatic rings. The van der Waals surface area contributed by atoms with Gasteiger partial charge in [-0.25, -0.2) is 4.57 Å². The maximum Gasteiger partial charge on any atom is 0.472 e. The van der Waals surface area contributed by atoms with Crippen LogP contribution in [0.1, 0.15) is 71.1 Å². The molecule has 0 heterocycles. The third kappa shape index (κ3) is 22.3. The van der Waals surface area contributed by atoms with E-state index in [2.05, 4.69) is 47.9 Å². The van der Waals surface area contributed by atoms with Crippen LogP contribution in [0, 0.1) is 0 Å². The van der Waals surface area contributed by atoms with Crippen LogP contribution in [-0.2, 0) is 23.1 Å². The normalized spacial score (nSPS) is 15.1. The van der Waals surface area contributed by atoms with Gasteiger partial charge in [-0.3, -0.25) is 13.8 Å². The Kier molecular flexibility index (Phi) is 22.2. The van der Waals surface area contributed by atoms with Gasteiger partial charge in [-0.05, 0) is 38.5 Å². The van der Waals surface area contributed by atoms with Gasteiger partial charge in [-0.2, -0.15) is 0 Å². The minimum absolute atomic E-state index is 0.0594.